The number of halogens is 2. The summed E-state index contributed by atoms with van der Waals surface area (Å²) in [6.07, 6.45) is 0. The zero-order chi connectivity index (χ0) is 10.7. The van der Waals surface area contributed by atoms with Crippen LogP contribution in [0.25, 0.3) is 0 Å². The summed E-state index contributed by atoms with van der Waals surface area (Å²) in [4.78, 5) is 4.44. The molecule has 1 aliphatic heterocycles. The summed E-state index contributed by atoms with van der Waals surface area (Å²) in [7, 11) is 0. The Hall–Kier alpha value is 0.0600. The van der Waals surface area contributed by atoms with Crippen molar-refractivity contribution in [2.75, 3.05) is 16.3 Å². The maximum Gasteiger partial charge on any atom is 0.161 e. The van der Waals surface area contributed by atoms with E-state index < -0.39 is 0 Å². The lowest BCUT2D eigenvalue weighted by Gasteiger charge is -2.06. The first-order valence-corrected chi connectivity index (χ1v) is 7.36. The standard InChI is InChI=1S/C10H10ClIN2S/c11-7-1-3-8(4-2-7)14-10-13-6-9(5-12)15-10/h1-4,9H,5-6H2,(H,13,14). The van der Waals surface area contributed by atoms with E-state index in [1.165, 1.54) is 0 Å². The zero-order valence-corrected chi connectivity index (χ0v) is 11.6. The number of rotatable bonds is 2. The van der Waals surface area contributed by atoms with Crippen LogP contribution in [0.15, 0.2) is 29.3 Å². The second kappa shape index (κ2) is 5.41. The van der Waals surface area contributed by atoms with Crippen LogP contribution in [0.2, 0.25) is 5.02 Å². The summed E-state index contributed by atoms with van der Waals surface area (Å²) in [6, 6.07) is 7.67. The number of thioether (sulfide) groups is 1. The number of anilines is 1. The maximum atomic E-state index is 5.81. The summed E-state index contributed by atoms with van der Waals surface area (Å²) >= 11 is 10.0. The smallest absolute Gasteiger partial charge is 0.161 e. The van der Waals surface area contributed by atoms with Crippen LogP contribution in [0.4, 0.5) is 5.69 Å². The van der Waals surface area contributed by atoms with Crippen LogP contribution in [0.3, 0.4) is 0 Å². The molecule has 1 atom stereocenters. The first-order chi connectivity index (χ1) is 7.28. The van der Waals surface area contributed by atoms with E-state index in [9.17, 15) is 0 Å². The third-order valence-corrected chi connectivity index (χ3v) is 5.00. The van der Waals surface area contributed by atoms with Gasteiger partial charge in [0, 0.05) is 20.4 Å². The molecular formula is C10H10ClIN2S. The molecule has 0 saturated heterocycles. The van der Waals surface area contributed by atoms with Crippen molar-refractivity contribution in [1.29, 1.82) is 0 Å². The van der Waals surface area contributed by atoms with Crippen molar-refractivity contribution >= 4 is 56.8 Å². The van der Waals surface area contributed by atoms with Gasteiger partial charge in [-0.2, -0.15) is 0 Å². The van der Waals surface area contributed by atoms with Crippen LogP contribution >= 0.6 is 46.0 Å². The van der Waals surface area contributed by atoms with Gasteiger partial charge in [0.15, 0.2) is 5.17 Å². The summed E-state index contributed by atoms with van der Waals surface area (Å²) in [5, 5.41) is 5.68. The Labute approximate surface area is 112 Å². The lowest BCUT2D eigenvalue weighted by molar-refractivity contribution is 0.999. The molecule has 0 aromatic heterocycles. The van der Waals surface area contributed by atoms with E-state index >= 15 is 0 Å². The lowest BCUT2D eigenvalue weighted by atomic mass is 10.3. The van der Waals surface area contributed by atoms with Gasteiger partial charge >= 0.3 is 0 Å². The molecule has 1 heterocycles. The number of aliphatic imine (C=N–C) groups is 1. The highest BCUT2D eigenvalue weighted by Gasteiger charge is 2.17. The molecule has 0 radical (unpaired) electrons. The largest absolute Gasteiger partial charge is 0.335 e. The minimum absolute atomic E-state index is 0.625. The van der Waals surface area contributed by atoms with Gasteiger partial charge < -0.3 is 5.32 Å². The van der Waals surface area contributed by atoms with Crippen molar-refractivity contribution in [2.45, 2.75) is 5.25 Å². The van der Waals surface area contributed by atoms with Crippen molar-refractivity contribution in [1.82, 2.24) is 0 Å². The van der Waals surface area contributed by atoms with E-state index in [2.05, 4.69) is 32.9 Å². The van der Waals surface area contributed by atoms with E-state index in [1.54, 1.807) is 0 Å². The fourth-order valence-corrected chi connectivity index (χ4v) is 3.02. The normalized spacial score (nSPS) is 20.1. The molecule has 2 rings (SSSR count). The molecule has 1 unspecified atom stereocenters. The van der Waals surface area contributed by atoms with E-state index in [0.717, 1.165) is 26.8 Å². The van der Waals surface area contributed by atoms with E-state index in [1.807, 2.05) is 36.0 Å². The van der Waals surface area contributed by atoms with Crippen LogP contribution in [-0.4, -0.2) is 21.4 Å². The molecule has 0 amide bonds. The summed E-state index contributed by atoms with van der Waals surface area (Å²) in [6.45, 7) is 0.920. The minimum atomic E-state index is 0.625. The molecule has 0 spiro atoms. The molecule has 5 heteroatoms. The Kier molecular flexibility index (Phi) is 4.16. The molecule has 1 aromatic rings. The number of nitrogens with one attached hydrogen (secondary N) is 1. The SMILES string of the molecule is Clc1ccc(NC2=NCC(CI)S2)cc1. The van der Waals surface area contributed by atoms with Gasteiger partial charge in [0.1, 0.15) is 0 Å². The van der Waals surface area contributed by atoms with Crippen molar-refractivity contribution in [3.8, 4) is 0 Å². The molecule has 1 aliphatic rings. The van der Waals surface area contributed by atoms with Crippen LogP contribution in [0, 0.1) is 0 Å². The molecular weight excluding hydrogens is 343 g/mol. The van der Waals surface area contributed by atoms with Gasteiger partial charge in [-0.25, -0.2) is 0 Å². The highest BCUT2D eigenvalue weighted by atomic mass is 127. The predicted octanol–water partition coefficient (Wildman–Crippen LogP) is 3.66. The van der Waals surface area contributed by atoms with Crippen LogP contribution in [0.1, 0.15) is 0 Å². The molecule has 2 nitrogen and oxygen atoms in total. The summed E-state index contributed by atoms with van der Waals surface area (Å²) < 4.78 is 1.14. The number of benzene rings is 1. The van der Waals surface area contributed by atoms with Crippen molar-refractivity contribution < 1.29 is 0 Å². The predicted molar refractivity (Wildman–Crippen MR) is 77.6 cm³/mol. The van der Waals surface area contributed by atoms with Crippen molar-refractivity contribution in [3.05, 3.63) is 29.3 Å². The first-order valence-electron chi connectivity index (χ1n) is 4.57. The molecule has 1 N–H and O–H groups in total. The molecule has 80 valence electrons. The zero-order valence-electron chi connectivity index (χ0n) is 7.91. The average molecular weight is 353 g/mol. The van der Waals surface area contributed by atoms with E-state index in [-0.39, 0.29) is 0 Å². The summed E-state index contributed by atoms with van der Waals surface area (Å²) in [5.41, 5.74) is 1.04. The Morgan fingerprint density at radius 2 is 2.20 bits per heavy atom. The number of alkyl halides is 1. The van der Waals surface area contributed by atoms with Gasteiger partial charge in [-0.3, -0.25) is 4.99 Å². The molecule has 0 saturated carbocycles. The molecule has 1 aromatic carbocycles. The topological polar surface area (TPSA) is 24.4 Å². The quantitative estimate of drug-likeness (QED) is 0.649. The molecule has 0 bridgehead atoms. The second-order valence-electron chi connectivity index (χ2n) is 3.17. The number of hydrogen-bond acceptors (Lipinski definition) is 3. The van der Waals surface area contributed by atoms with Gasteiger partial charge in [0.05, 0.1) is 6.54 Å². The fourth-order valence-electron chi connectivity index (χ4n) is 1.22. The Bertz CT molecular complexity index is 366. The average Bonchev–Trinajstić information content (AvgIpc) is 2.69. The number of hydrogen-bond donors (Lipinski definition) is 1. The number of amidine groups is 1. The van der Waals surface area contributed by atoms with Crippen LogP contribution < -0.4 is 5.32 Å². The van der Waals surface area contributed by atoms with Crippen LogP contribution in [0.5, 0.6) is 0 Å². The molecule has 0 fully saturated rings. The van der Waals surface area contributed by atoms with E-state index in [4.69, 9.17) is 11.6 Å². The highest BCUT2D eigenvalue weighted by molar-refractivity contribution is 14.1. The molecule has 15 heavy (non-hydrogen) atoms. The van der Waals surface area contributed by atoms with Crippen LogP contribution in [-0.2, 0) is 0 Å². The monoisotopic (exact) mass is 352 g/mol. The van der Waals surface area contributed by atoms with Crippen molar-refractivity contribution in [3.63, 3.8) is 0 Å². The summed E-state index contributed by atoms with van der Waals surface area (Å²) in [5.74, 6) is 0. The first kappa shape index (κ1) is 11.5. The van der Waals surface area contributed by atoms with Gasteiger partial charge in [-0.05, 0) is 24.3 Å². The fraction of sp³-hybridized carbons (Fsp3) is 0.300. The van der Waals surface area contributed by atoms with Gasteiger partial charge in [0.2, 0.25) is 0 Å². The second-order valence-corrected chi connectivity index (χ2v) is 5.78. The van der Waals surface area contributed by atoms with Gasteiger partial charge in [0.25, 0.3) is 0 Å². The third-order valence-electron chi connectivity index (χ3n) is 1.98. The Balaban J connectivity index is 1.95. The molecule has 0 aliphatic carbocycles. The lowest BCUT2D eigenvalue weighted by Crippen LogP contribution is -2.08. The van der Waals surface area contributed by atoms with Crippen molar-refractivity contribution in [2.24, 2.45) is 4.99 Å². The van der Waals surface area contributed by atoms with Gasteiger partial charge in [-0.15, -0.1) is 0 Å². The number of nitrogens with zero attached hydrogens (tertiary/aromatic N) is 1. The van der Waals surface area contributed by atoms with Gasteiger partial charge in [-0.1, -0.05) is 46.0 Å². The highest BCUT2D eigenvalue weighted by Crippen LogP contribution is 2.24. The third kappa shape index (κ3) is 3.26. The maximum absolute atomic E-state index is 5.81. The Morgan fingerprint density at radius 1 is 1.47 bits per heavy atom. The minimum Gasteiger partial charge on any atom is -0.335 e. The Morgan fingerprint density at radius 3 is 2.80 bits per heavy atom. The van der Waals surface area contributed by atoms with E-state index in [0.29, 0.717) is 5.25 Å².